The molecule has 0 bridgehead atoms. The predicted molar refractivity (Wildman–Crippen MR) is 73.2 cm³/mol. The highest BCUT2D eigenvalue weighted by atomic mass is 16.8. The lowest BCUT2D eigenvalue weighted by molar-refractivity contribution is -0.194. The zero-order chi connectivity index (χ0) is 13.3. The fraction of sp³-hybridized carbons (Fsp3) is 0.250. The molecule has 3 nitrogen and oxygen atoms in total. The Morgan fingerprint density at radius 3 is 2.05 bits per heavy atom. The second kappa shape index (κ2) is 4.78. The zero-order valence-electron chi connectivity index (χ0n) is 10.8. The number of benzene rings is 2. The smallest absolute Gasteiger partial charge is 0.191 e. The van der Waals surface area contributed by atoms with Crippen LogP contribution in [0.25, 0.3) is 0 Å². The summed E-state index contributed by atoms with van der Waals surface area (Å²) in [6.45, 7) is 1.70. The molecule has 3 heteroatoms. The topological polar surface area (TPSA) is 41.5 Å². The van der Waals surface area contributed by atoms with Gasteiger partial charge in [0.1, 0.15) is 0 Å². The first kappa shape index (κ1) is 12.4. The Bertz CT molecular complexity index is 539. The van der Waals surface area contributed by atoms with Crippen molar-refractivity contribution in [2.24, 2.45) is 0 Å². The zero-order valence-corrected chi connectivity index (χ0v) is 10.8. The third-order valence-electron chi connectivity index (χ3n) is 3.62. The Balaban J connectivity index is 2.02. The average molecular weight is 255 g/mol. The van der Waals surface area contributed by atoms with Crippen LogP contribution in [-0.4, -0.2) is 10.9 Å². The first-order valence-electron chi connectivity index (χ1n) is 6.44. The van der Waals surface area contributed by atoms with Crippen LogP contribution in [0.5, 0.6) is 0 Å². The average Bonchev–Trinajstić information content (AvgIpc) is 2.76. The van der Waals surface area contributed by atoms with E-state index in [1.165, 1.54) is 0 Å². The number of nitrogens with one attached hydrogen (secondary N) is 1. The van der Waals surface area contributed by atoms with E-state index in [4.69, 9.17) is 4.84 Å². The maximum absolute atomic E-state index is 10.5. The lowest BCUT2D eigenvalue weighted by atomic mass is 9.83. The summed E-state index contributed by atoms with van der Waals surface area (Å²) in [5.74, 6) is -1.36. The van der Waals surface area contributed by atoms with Crippen LogP contribution < -0.4 is 5.48 Å². The SMILES string of the molecule is CC1(O)ONC(c2ccccc2)C1c1ccccc1. The van der Waals surface area contributed by atoms with Crippen LogP contribution in [0.4, 0.5) is 0 Å². The number of hydrogen-bond acceptors (Lipinski definition) is 3. The van der Waals surface area contributed by atoms with E-state index < -0.39 is 5.79 Å². The molecule has 0 aliphatic carbocycles. The van der Waals surface area contributed by atoms with Gasteiger partial charge in [0.05, 0.1) is 12.0 Å². The van der Waals surface area contributed by atoms with Crippen LogP contribution in [0.1, 0.15) is 30.0 Å². The number of hydrogen-bond donors (Lipinski definition) is 2. The molecule has 3 rings (SSSR count). The molecule has 19 heavy (non-hydrogen) atoms. The fourth-order valence-electron chi connectivity index (χ4n) is 2.71. The normalized spacial score (nSPS) is 30.4. The predicted octanol–water partition coefficient (Wildman–Crippen LogP) is 2.75. The standard InChI is InChI=1S/C16H17NO2/c1-16(18)14(12-8-4-2-5-9-12)15(17-19-16)13-10-6-3-7-11-13/h2-11,14-15,17-18H,1H3. The van der Waals surface area contributed by atoms with E-state index in [0.717, 1.165) is 11.1 Å². The third kappa shape index (κ3) is 2.28. The van der Waals surface area contributed by atoms with Crippen LogP contribution in [0.2, 0.25) is 0 Å². The van der Waals surface area contributed by atoms with Crippen molar-refractivity contribution in [1.29, 1.82) is 0 Å². The molecule has 0 radical (unpaired) electrons. The van der Waals surface area contributed by atoms with Crippen LogP contribution in [0.3, 0.4) is 0 Å². The van der Waals surface area contributed by atoms with E-state index in [9.17, 15) is 5.11 Å². The molecule has 2 N–H and O–H groups in total. The lowest BCUT2D eigenvalue weighted by Crippen LogP contribution is -2.31. The third-order valence-corrected chi connectivity index (χ3v) is 3.62. The maximum Gasteiger partial charge on any atom is 0.191 e. The molecule has 2 aromatic carbocycles. The van der Waals surface area contributed by atoms with Gasteiger partial charge in [-0.15, -0.1) is 0 Å². The molecule has 1 fully saturated rings. The molecular weight excluding hydrogens is 238 g/mol. The van der Waals surface area contributed by atoms with Gasteiger partial charge in [-0.2, -0.15) is 5.48 Å². The van der Waals surface area contributed by atoms with E-state index in [1.807, 2.05) is 60.7 Å². The molecule has 0 amide bonds. The molecule has 0 aromatic heterocycles. The van der Waals surface area contributed by atoms with Gasteiger partial charge in [0.15, 0.2) is 5.79 Å². The van der Waals surface area contributed by atoms with Gasteiger partial charge in [0.2, 0.25) is 0 Å². The Morgan fingerprint density at radius 2 is 1.47 bits per heavy atom. The van der Waals surface area contributed by atoms with Gasteiger partial charge in [-0.05, 0) is 18.1 Å². The Kier molecular flexibility index (Phi) is 3.11. The summed E-state index contributed by atoms with van der Waals surface area (Å²) >= 11 is 0. The molecule has 1 heterocycles. The van der Waals surface area contributed by atoms with Crippen LogP contribution in [0.15, 0.2) is 60.7 Å². The van der Waals surface area contributed by atoms with Crippen molar-refractivity contribution in [3.8, 4) is 0 Å². The molecule has 1 saturated heterocycles. The Hall–Kier alpha value is -1.68. The summed E-state index contributed by atoms with van der Waals surface area (Å²) in [5.41, 5.74) is 5.13. The second-order valence-corrected chi connectivity index (χ2v) is 5.05. The first-order valence-corrected chi connectivity index (χ1v) is 6.44. The van der Waals surface area contributed by atoms with Gasteiger partial charge in [-0.25, -0.2) is 0 Å². The van der Waals surface area contributed by atoms with Crippen molar-refractivity contribution in [3.63, 3.8) is 0 Å². The van der Waals surface area contributed by atoms with Crippen molar-refractivity contribution in [3.05, 3.63) is 71.8 Å². The monoisotopic (exact) mass is 255 g/mol. The van der Waals surface area contributed by atoms with Crippen molar-refractivity contribution in [2.45, 2.75) is 24.7 Å². The van der Waals surface area contributed by atoms with Gasteiger partial charge in [-0.3, -0.25) is 4.84 Å². The van der Waals surface area contributed by atoms with Crippen molar-refractivity contribution in [1.82, 2.24) is 5.48 Å². The van der Waals surface area contributed by atoms with Gasteiger partial charge >= 0.3 is 0 Å². The van der Waals surface area contributed by atoms with Crippen LogP contribution in [-0.2, 0) is 4.84 Å². The molecule has 1 aliphatic rings. The van der Waals surface area contributed by atoms with Gasteiger partial charge in [-0.1, -0.05) is 60.7 Å². The minimum atomic E-state index is -1.22. The van der Waals surface area contributed by atoms with E-state index in [2.05, 4.69) is 5.48 Å². The van der Waals surface area contributed by atoms with Gasteiger partial charge < -0.3 is 5.11 Å². The highest BCUT2D eigenvalue weighted by Crippen LogP contribution is 2.44. The molecule has 2 aromatic rings. The molecule has 0 saturated carbocycles. The van der Waals surface area contributed by atoms with Crippen molar-refractivity contribution >= 4 is 0 Å². The highest BCUT2D eigenvalue weighted by molar-refractivity contribution is 5.30. The maximum atomic E-state index is 10.5. The minimum Gasteiger partial charge on any atom is -0.364 e. The number of rotatable bonds is 2. The number of aliphatic hydroxyl groups is 1. The van der Waals surface area contributed by atoms with Gasteiger partial charge in [0.25, 0.3) is 0 Å². The molecule has 98 valence electrons. The molecule has 1 aliphatic heterocycles. The minimum absolute atomic E-state index is 0.0569. The molecule has 3 atom stereocenters. The van der Waals surface area contributed by atoms with Crippen LogP contribution in [0, 0.1) is 0 Å². The van der Waals surface area contributed by atoms with E-state index in [-0.39, 0.29) is 12.0 Å². The molecule has 0 spiro atoms. The second-order valence-electron chi connectivity index (χ2n) is 5.05. The molecule has 3 unspecified atom stereocenters. The van der Waals surface area contributed by atoms with E-state index in [1.54, 1.807) is 6.92 Å². The summed E-state index contributed by atoms with van der Waals surface area (Å²) in [4.78, 5) is 5.38. The van der Waals surface area contributed by atoms with E-state index >= 15 is 0 Å². The number of hydroxylamine groups is 1. The lowest BCUT2D eigenvalue weighted by Gasteiger charge is -2.26. The molecular formula is C16H17NO2. The fourth-order valence-corrected chi connectivity index (χ4v) is 2.71. The van der Waals surface area contributed by atoms with Crippen molar-refractivity contribution in [2.75, 3.05) is 0 Å². The summed E-state index contributed by atoms with van der Waals surface area (Å²) in [6, 6.07) is 20.0. The van der Waals surface area contributed by atoms with E-state index in [0.29, 0.717) is 0 Å². The largest absolute Gasteiger partial charge is 0.364 e. The Morgan fingerprint density at radius 1 is 0.947 bits per heavy atom. The Labute approximate surface area is 112 Å². The van der Waals surface area contributed by atoms with Crippen molar-refractivity contribution < 1.29 is 9.94 Å². The summed E-state index contributed by atoms with van der Waals surface area (Å²) in [5, 5.41) is 10.5. The van der Waals surface area contributed by atoms with Gasteiger partial charge in [0, 0.05) is 0 Å². The van der Waals surface area contributed by atoms with Crippen LogP contribution >= 0.6 is 0 Å². The highest BCUT2D eigenvalue weighted by Gasteiger charge is 2.47. The first-order chi connectivity index (χ1) is 9.18. The summed E-state index contributed by atoms with van der Waals surface area (Å²) in [6.07, 6.45) is 0. The quantitative estimate of drug-likeness (QED) is 0.867. The summed E-state index contributed by atoms with van der Waals surface area (Å²) in [7, 11) is 0. The summed E-state index contributed by atoms with van der Waals surface area (Å²) < 4.78 is 0.